The molecule has 2 heterocycles. The molecule has 25 heavy (non-hydrogen) atoms. The molecule has 6 heteroatoms. The van der Waals surface area contributed by atoms with Crippen LogP contribution in [0.3, 0.4) is 0 Å². The molecular weight excluding hydrogens is 316 g/mol. The largest absolute Gasteiger partial charge is 0.460 e. The van der Waals surface area contributed by atoms with Crippen LogP contribution in [0, 0.1) is 18.8 Å². The van der Waals surface area contributed by atoms with Crippen molar-refractivity contribution in [2.75, 3.05) is 6.61 Å². The number of hydrogen-bond donors (Lipinski definition) is 0. The summed E-state index contributed by atoms with van der Waals surface area (Å²) in [5.74, 6) is 5.61. The number of aryl methyl sites for hydroxylation is 1. The Hall–Kier alpha value is -3.46. The van der Waals surface area contributed by atoms with Crippen molar-refractivity contribution < 1.29 is 9.53 Å². The van der Waals surface area contributed by atoms with E-state index in [9.17, 15) is 4.79 Å². The van der Waals surface area contributed by atoms with Crippen molar-refractivity contribution in [3.8, 4) is 17.5 Å². The molecule has 0 bridgehead atoms. The van der Waals surface area contributed by atoms with Crippen LogP contribution in [0.15, 0.2) is 48.8 Å². The van der Waals surface area contributed by atoms with Gasteiger partial charge in [-0.2, -0.15) is 0 Å². The van der Waals surface area contributed by atoms with Crippen molar-refractivity contribution in [2.24, 2.45) is 0 Å². The molecule has 0 fully saturated rings. The van der Waals surface area contributed by atoms with E-state index < -0.39 is 5.97 Å². The molecule has 124 valence electrons. The summed E-state index contributed by atoms with van der Waals surface area (Å²) in [6, 6.07) is 13.2. The van der Waals surface area contributed by atoms with E-state index in [1.807, 2.05) is 49.4 Å². The first-order valence-electron chi connectivity index (χ1n) is 7.80. The first kappa shape index (κ1) is 16.4. The topological polar surface area (TPSA) is 69.9 Å². The Bertz CT molecular complexity index is 967. The lowest BCUT2D eigenvalue weighted by Crippen LogP contribution is -2.07. The Morgan fingerprint density at radius 1 is 1.20 bits per heavy atom. The third kappa shape index (κ3) is 4.09. The summed E-state index contributed by atoms with van der Waals surface area (Å²) in [4.78, 5) is 20.0. The highest BCUT2D eigenvalue weighted by Gasteiger charge is 2.12. The highest BCUT2D eigenvalue weighted by atomic mass is 16.5. The van der Waals surface area contributed by atoms with Gasteiger partial charge in [0.15, 0.2) is 0 Å². The molecule has 0 atom stereocenters. The number of benzene rings is 1. The molecular formula is C19H16N4O2. The molecule has 0 unspecified atom stereocenters. The van der Waals surface area contributed by atoms with Crippen molar-refractivity contribution in [1.29, 1.82) is 0 Å². The van der Waals surface area contributed by atoms with E-state index in [0.717, 1.165) is 22.6 Å². The predicted octanol–water partition coefficient (Wildman–Crippen LogP) is 2.55. The van der Waals surface area contributed by atoms with Crippen LogP contribution < -0.4 is 0 Å². The minimum Gasteiger partial charge on any atom is -0.460 e. The lowest BCUT2D eigenvalue weighted by Gasteiger charge is -2.00. The maximum atomic E-state index is 11.7. The van der Waals surface area contributed by atoms with Crippen molar-refractivity contribution >= 4 is 5.97 Å². The van der Waals surface area contributed by atoms with E-state index in [4.69, 9.17) is 4.74 Å². The molecule has 3 rings (SSSR count). The quantitative estimate of drug-likeness (QED) is 0.544. The van der Waals surface area contributed by atoms with Crippen LogP contribution >= 0.6 is 0 Å². The van der Waals surface area contributed by atoms with Gasteiger partial charge >= 0.3 is 5.97 Å². The number of pyridine rings is 1. The monoisotopic (exact) mass is 332 g/mol. The smallest absolute Gasteiger partial charge is 0.378 e. The van der Waals surface area contributed by atoms with Crippen LogP contribution in [0.4, 0.5) is 0 Å². The summed E-state index contributed by atoms with van der Waals surface area (Å²) < 4.78 is 6.41. The Morgan fingerprint density at radius 2 is 2.04 bits per heavy atom. The van der Waals surface area contributed by atoms with Gasteiger partial charge in [0.25, 0.3) is 5.82 Å². The van der Waals surface area contributed by atoms with E-state index in [-0.39, 0.29) is 12.4 Å². The number of hydrogen-bond acceptors (Lipinski definition) is 5. The van der Waals surface area contributed by atoms with Crippen molar-refractivity contribution in [2.45, 2.75) is 13.8 Å². The molecule has 0 spiro atoms. The minimum atomic E-state index is -0.539. The fraction of sp³-hybridized carbons (Fsp3) is 0.158. The number of esters is 1. The second-order valence-corrected chi connectivity index (χ2v) is 5.20. The molecule has 6 nitrogen and oxygen atoms in total. The standard InChI is InChI=1S/C19H16N4O2/c1-3-25-19(24)18-20-13-23(22-18)17-9-5-7-15(12-17)10-11-16-8-4-6-14(2)21-16/h4-9,12-13H,3H2,1-2H3. The zero-order valence-electron chi connectivity index (χ0n) is 13.9. The lowest BCUT2D eigenvalue weighted by atomic mass is 10.2. The van der Waals surface area contributed by atoms with Gasteiger partial charge in [-0.3, -0.25) is 0 Å². The van der Waals surface area contributed by atoms with Crippen LogP contribution in [0.2, 0.25) is 0 Å². The number of nitrogens with zero attached hydrogens (tertiary/aromatic N) is 4. The van der Waals surface area contributed by atoms with Crippen molar-refractivity contribution in [3.63, 3.8) is 0 Å². The van der Waals surface area contributed by atoms with Gasteiger partial charge in [-0.1, -0.05) is 18.1 Å². The van der Waals surface area contributed by atoms with E-state index in [0.29, 0.717) is 0 Å². The molecule has 0 radical (unpaired) electrons. The van der Waals surface area contributed by atoms with Gasteiger partial charge in [-0.15, -0.1) is 5.10 Å². The molecule has 3 aromatic rings. The highest BCUT2D eigenvalue weighted by molar-refractivity contribution is 5.84. The van der Waals surface area contributed by atoms with Crippen LogP contribution in [0.25, 0.3) is 5.69 Å². The Labute approximate surface area is 145 Å². The molecule has 0 N–H and O–H groups in total. The molecule has 1 aromatic carbocycles. The Kier molecular flexibility index (Phi) is 4.86. The number of aromatic nitrogens is 4. The number of rotatable bonds is 3. The molecule has 2 aromatic heterocycles. The first-order chi connectivity index (χ1) is 12.2. The number of carbonyl (C=O) groups excluding carboxylic acids is 1. The Morgan fingerprint density at radius 3 is 2.84 bits per heavy atom. The van der Waals surface area contributed by atoms with E-state index in [2.05, 4.69) is 26.9 Å². The summed E-state index contributed by atoms with van der Waals surface area (Å²) in [6.45, 7) is 3.95. The molecule has 0 amide bonds. The van der Waals surface area contributed by atoms with Crippen molar-refractivity contribution in [3.05, 3.63) is 71.6 Å². The van der Waals surface area contributed by atoms with Gasteiger partial charge in [0, 0.05) is 11.3 Å². The van der Waals surface area contributed by atoms with E-state index in [1.54, 1.807) is 6.92 Å². The maximum absolute atomic E-state index is 11.7. The van der Waals surface area contributed by atoms with Gasteiger partial charge in [-0.05, 0) is 50.1 Å². The predicted molar refractivity (Wildman–Crippen MR) is 92.3 cm³/mol. The van der Waals surface area contributed by atoms with E-state index >= 15 is 0 Å². The van der Waals surface area contributed by atoms with E-state index in [1.165, 1.54) is 11.0 Å². The summed E-state index contributed by atoms with van der Waals surface area (Å²) in [5, 5.41) is 4.14. The fourth-order valence-corrected chi connectivity index (χ4v) is 2.15. The third-order valence-electron chi connectivity index (χ3n) is 3.28. The summed E-state index contributed by atoms with van der Waals surface area (Å²) in [7, 11) is 0. The minimum absolute atomic E-state index is 0.0299. The lowest BCUT2D eigenvalue weighted by molar-refractivity contribution is 0.0512. The Balaban J connectivity index is 1.84. The van der Waals surface area contributed by atoms with Gasteiger partial charge in [0.1, 0.15) is 12.0 Å². The van der Waals surface area contributed by atoms with Crippen LogP contribution in [-0.2, 0) is 4.74 Å². The zero-order chi connectivity index (χ0) is 17.6. The van der Waals surface area contributed by atoms with Crippen LogP contribution in [0.1, 0.15) is 34.5 Å². The fourth-order valence-electron chi connectivity index (χ4n) is 2.15. The van der Waals surface area contributed by atoms with Gasteiger partial charge in [0.2, 0.25) is 0 Å². The highest BCUT2D eigenvalue weighted by Crippen LogP contribution is 2.09. The zero-order valence-corrected chi connectivity index (χ0v) is 13.9. The average Bonchev–Trinajstić information content (AvgIpc) is 3.11. The second kappa shape index (κ2) is 7.41. The summed E-state index contributed by atoms with van der Waals surface area (Å²) in [5.41, 5.74) is 3.21. The molecule has 0 saturated heterocycles. The maximum Gasteiger partial charge on any atom is 0.378 e. The van der Waals surface area contributed by atoms with Gasteiger partial charge < -0.3 is 4.74 Å². The second-order valence-electron chi connectivity index (χ2n) is 5.20. The average molecular weight is 332 g/mol. The summed E-state index contributed by atoms with van der Waals surface area (Å²) >= 11 is 0. The molecule has 0 aliphatic rings. The molecule has 0 saturated carbocycles. The normalized spacial score (nSPS) is 10.0. The van der Waals surface area contributed by atoms with Crippen LogP contribution in [0.5, 0.6) is 0 Å². The third-order valence-corrected chi connectivity index (χ3v) is 3.28. The van der Waals surface area contributed by atoms with Crippen molar-refractivity contribution in [1.82, 2.24) is 19.7 Å². The van der Waals surface area contributed by atoms with Gasteiger partial charge in [-0.25, -0.2) is 19.4 Å². The van der Waals surface area contributed by atoms with Crippen LogP contribution in [-0.4, -0.2) is 32.3 Å². The number of carbonyl (C=O) groups is 1. The number of ether oxygens (including phenoxy) is 1. The SMILES string of the molecule is CCOC(=O)c1ncn(-c2cccc(C#Cc3cccc(C)n3)c2)n1. The molecule has 0 aliphatic carbocycles. The summed E-state index contributed by atoms with van der Waals surface area (Å²) in [6.07, 6.45) is 1.47. The first-order valence-corrected chi connectivity index (χ1v) is 7.80. The molecule has 0 aliphatic heterocycles. The van der Waals surface area contributed by atoms with Gasteiger partial charge in [0.05, 0.1) is 12.3 Å².